The van der Waals surface area contributed by atoms with Gasteiger partial charge in [0.15, 0.2) is 0 Å². The molecule has 3 aromatic carbocycles. The topological polar surface area (TPSA) is 84.5 Å². The highest BCUT2D eigenvalue weighted by molar-refractivity contribution is 9.10. The Morgan fingerprint density at radius 3 is 2.47 bits per heavy atom. The Balaban J connectivity index is 1.83. The van der Waals surface area contributed by atoms with E-state index in [1.165, 1.54) is 25.3 Å². The summed E-state index contributed by atoms with van der Waals surface area (Å²) in [4.78, 5) is 12.7. The van der Waals surface area contributed by atoms with Crippen LogP contribution in [0.2, 0.25) is 0 Å². The average Bonchev–Trinajstić information content (AvgIpc) is 2.70. The van der Waals surface area contributed by atoms with E-state index in [9.17, 15) is 13.2 Å². The molecule has 8 heteroatoms. The van der Waals surface area contributed by atoms with Crippen molar-refractivity contribution in [3.8, 4) is 5.75 Å². The standard InChI is InChI=1S/C22H21BrN2O4S/c1-14-7-8-15(2)20(11-14)24-22(26)16-5-4-6-18(12-16)30(27,28)25-17-9-10-21(29-3)19(23)13-17/h4-13,25H,1-3H3,(H,24,26). The van der Waals surface area contributed by atoms with Crippen molar-refractivity contribution in [1.82, 2.24) is 0 Å². The minimum atomic E-state index is -3.89. The van der Waals surface area contributed by atoms with E-state index < -0.39 is 10.0 Å². The quantitative estimate of drug-likeness (QED) is 0.503. The highest BCUT2D eigenvalue weighted by Crippen LogP contribution is 2.29. The van der Waals surface area contributed by atoms with Gasteiger partial charge in [0.1, 0.15) is 5.75 Å². The fourth-order valence-electron chi connectivity index (χ4n) is 2.81. The predicted molar refractivity (Wildman–Crippen MR) is 122 cm³/mol. The van der Waals surface area contributed by atoms with Crippen molar-refractivity contribution in [3.05, 3.63) is 81.8 Å². The van der Waals surface area contributed by atoms with Gasteiger partial charge in [-0.1, -0.05) is 18.2 Å². The van der Waals surface area contributed by atoms with E-state index in [1.807, 2.05) is 32.0 Å². The average molecular weight is 489 g/mol. The summed E-state index contributed by atoms with van der Waals surface area (Å²) in [6.07, 6.45) is 0. The number of amides is 1. The van der Waals surface area contributed by atoms with E-state index in [0.29, 0.717) is 21.6 Å². The molecule has 6 nitrogen and oxygen atoms in total. The number of carbonyl (C=O) groups is 1. The van der Waals surface area contributed by atoms with Gasteiger partial charge in [-0.3, -0.25) is 9.52 Å². The fourth-order valence-corrected chi connectivity index (χ4v) is 4.45. The number of ether oxygens (including phenoxy) is 1. The maximum Gasteiger partial charge on any atom is 0.261 e. The summed E-state index contributed by atoms with van der Waals surface area (Å²) in [6, 6.07) is 16.5. The number of aryl methyl sites for hydroxylation is 2. The zero-order valence-corrected chi connectivity index (χ0v) is 19.1. The molecule has 3 aromatic rings. The van der Waals surface area contributed by atoms with Crippen LogP contribution in [-0.4, -0.2) is 21.4 Å². The lowest BCUT2D eigenvalue weighted by Gasteiger charge is -2.12. The summed E-state index contributed by atoms with van der Waals surface area (Å²) < 4.78 is 33.9. The molecule has 0 aliphatic heterocycles. The van der Waals surface area contributed by atoms with E-state index in [0.717, 1.165) is 11.1 Å². The van der Waals surface area contributed by atoms with Crippen LogP contribution in [0.1, 0.15) is 21.5 Å². The first kappa shape index (κ1) is 21.9. The van der Waals surface area contributed by atoms with Crippen LogP contribution in [-0.2, 0) is 10.0 Å². The molecule has 3 rings (SSSR count). The predicted octanol–water partition coefficient (Wildman–Crippen LogP) is 5.13. The Labute approximate surface area is 184 Å². The largest absolute Gasteiger partial charge is 0.496 e. The number of benzene rings is 3. The van der Waals surface area contributed by atoms with E-state index in [2.05, 4.69) is 26.0 Å². The molecule has 0 atom stereocenters. The molecule has 0 aromatic heterocycles. The van der Waals surface area contributed by atoms with Crippen LogP contribution in [0.5, 0.6) is 5.75 Å². The maximum atomic E-state index is 12.8. The van der Waals surface area contributed by atoms with E-state index in [-0.39, 0.29) is 16.4 Å². The fraction of sp³-hybridized carbons (Fsp3) is 0.136. The van der Waals surface area contributed by atoms with Gasteiger partial charge >= 0.3 is 0 Å². The third-order valence-electron chi connectivity index (χ3n) is 4.45. The van der Waals surface area contributed by atoms with Gasteiger partial charge in [-0.2, -0.15) is 0 Å². The first-order valence-electron chi connectivity index (χ1n) is 9.04. The smallest absolute Gasteiger partial charge is 0.261 e. The van der Waals surface area contributed by atoms with Crippen LogP contribution >= 0.6 is 15.9 Å². The Hall–Kier alpha value is -2.84. The molecule has 0 aliphatic rings. The number of rotatable bonds is 6. The molecular weight excluding hydrogens is 468 g/mol. The van der Waals surface area contributed by atoms with Crippen molar-refractivity contribution >= 4 is 43.2 Å². The molecule has 2 N–H and O–H groups in total. The number of hydrogen-bond donors (Lipinski definition) is 2. The SMILES string of the molecule is COc1ccc(NS(=O)(=O)c2cccc(C(=O)Nc3cc(C)ccc3C)c2)cc1Br. The number of methoxy groups -OCH3 is 1. The molecule has 1 amide bonds. The van der Waals surface area contributed by atoms with Crippen molar-refractivity contribution < 1.29 is 17.9 Å². The van der Waals surface area contributed by atoms with E-state index in [4.69, 9.17) is 4.74 Å². The van der Waals surface area contributed by atoms with Gasteiger partial charge in [0.05, 0.1) is 22.2 Å². The molecule has 30 heavy (non-hydrogen) atoms. The summed E-state index contributed by atoms with van der Waals surface area (Å²) in [5.41, 5.74) is 3.24. The molecular formula is C22H21BrN2O4S. The molecule has 0 unspecified atom stereocenters. The van der Waals surface area contributed by atoms with Crippen LogP contribution < -0.4 is 14.8 Å². The molecule has 0 saturated carbocycles. The van der Waals surface area contributed by atoms with Gasteiger partial charge in [-0.05, 0) is 83.4 Å². The number of halogens is 1. The minimum Gasteiger partial charge on any atom is -0.496 e. The molecule has 0 spiro atoms. The Morgan fingerprint density at radius 2 is 1.77 bits per heavy atom. The lowest BCUT2D eigenvalue weighted by Crippen LogP contribution is -2.16. The first-order valence-corrected chi connectivity index (χ1v) is 11.3. The molecule has 0 aliphatic carbocycles. The van der Waals surface area contributed by atoms with E-state index in [1.54, 1.807) is 24.3 Å². The van der Waals surface area contributed by atoms with Gasteiger partial charge < -0.3 is 10.1 Å². The second-order valence-electron chi connectivity index (χ2n) is 6.76. The zero-order chi connectivity index (χ0) is 21.9. The van der Waals surface area contributed by atoms with Crippen LogP contribution in [0.25, 0.3) is 0 Å². The van der Waals surface area contributed by atoms with Crippen LogP contribution in [0, 0.1) is 13.8 Å². The van der Waals surface area contributed by atoms with Gasteiger partial charge in [-0.25, -0.2) is 8.42 Å². The third kappa shape index (κ3) is 5.01. The summed E-state index contributed by atoms with van der Waals surface area (Å²) in [5, 5.41) is 2.84. The van der Waals surface area contributed by atoms with Crippen molar-refractivity contribution in [2.45, 2.75) is 18.7 Å². The van der Waals surface area contributed by atoms with Gasteiger partial charge in [0, 0.05) is 11.3 Å². The molecule has 156 valence electrons. The van der Waals surface area contributed by atoms with Crippen molar-refractivity contribution in [1.29, 1.82) is 0 Å². The van der Waals surface area contributed by atoms with Crippen LogP contribution in [0.3, 0.4) is 0 Å². The molecule has 0 fully saturated rings. The highest BCUT2D eigenvalue weighted by Gasteiger charge is 2.17. The summed E-state index contributed by atoms with van der Waals surface area (Å²) in [7, 11) is -2.36. The third-order valence-corrected chi connectivity index (χ3v) is 6.45. The number of anilines is 2. The van der Waals surface area contributed by atoms with Crippen molar-refractivity contribution in [2.24, 2.45) is 0 Å². The van der Waals surface area contributed by atoms with Crippen molar-refractivity contribution in [2.75, 3.05) is 17.1 Å². The minimum absolute atomic E-state index is 0.0111. The second kappa shape index (κ2) is 8.89. The van der Waals surface area contributed by atoms with Gasteiger partial charge in [0.2, 0.25) is 0 Å². The Kier molecular flexibility index (Phi) is 6.48. The number of sulfonamides is 1. The lowest BCUT2D eigenvalue weighted by molar-refractivity contribution is 0.102. The van der Waals surface area contributed by atoms with Crippen LogP contribution in [0.15, 0.2) is 70.0 Å². The second-order valence-corrected chi connectivity index (χ2v) is 9.29. The first-order chi connectivity index (χ1) is 14.2. The monoisotopic (exact) mass is 488 g/mol. The zero-order valence-electron chi connectivity index (χ0n) is 16.7. The maximum absolute atomic E-state index is 12.8. The highest BCUT2D eigenvalue weighted by atomic mass is 79.9. The van der Waals surface area contributed by atoms with Crippen molar-refractivity contribution in [3.63, 3.8) is 0 Å². The van der Waals surface area contributed by atoms with Gasteiger partial charge in [0.25, 0.3) is 15.9 Å². The number of carbonyl (C=O) groups excluding carboxylic acids is 1. The lowest BCUT2D eigenvalue weighted by atomic mass is 10.1. The van der Waals surface area contributed by atoms with E-state index >= 15 is 0 Å². The summed E-state index contributed by atoms with van der Waals surface area (Å²) >= 11 is 3.33. The van der Waals surface area contributed by atoms with Crippen LogP contribution in [0.4, 0.5) is 11.4 Å². The number of nitrogens with one attached hydrogen (secondary N) is 2. The molecule has 0 radical (unpaired) electrons. The molecule has 0 heterocycles. The normalized spacial score (nSPS) is 11.1. The van der Waals surface area contributed by atoms with Gasteiger partial charge in [-0.15, -0.1) is 0 Å². The molecule has 0 saturated heterocycles. The summed E-state index contributed by atoms with van der Waals surface area (Å²) in [6.45, 7) is 3.83. The number of hydrogen-bond acceptors (Lipinski definition) is 4. The molecule has 0 bridgehead atoms. The Morgan fingerprint density at radius 1 is 1.00 bits per heavy atom. The Bertz CT molecular complexity index is 1210. The summed E-state index contributed by atoms with van der Waals surface area (Å²) in [5.74, 6) is 0.205.